The highest BCUT2D eigenvalue weighted by atomic mass is 32.2. The summed E-state index contributed by atoms with van der Waals surface area (Å²) in [7, 11) is -3.49. The Morgan fingerprint density at radius 2 is 1.79 bits per heavy atom. The minimum absolute atomic E-state index is 0.0643. The average molecular weight is 296 g/mol. The van der Waals surface area contributed by atoms with E-state index in [4.69, 9.17) is 5.73 Å². The lowest BCUT2D eigenvalue weighted by Gasteiger charge is -2.09. The normalized spacial score (nSPS) is 13.2. The Balaban J connectivity index is 2.21. The molecule has 0 bridgehead atoms. The maximum Gasteiger partial charge on any atom is 0.271 e. The largest absolute Gasteiger partial charge is 0.324 e. The highest BCUT2D eigenvalue weighted by molar-refractivity contribution is 7.94. The minimum atomic E-state index is -3.49. The Bertz CT molecular complexity index is 658. The maximum absolute atomic E-state index is 12.1. The van der Waals surface area contributed by atoms with Gasteiger partial charge < -0.3 is 5.73 Å². The molecule has 0 radical (unpaired) electrons. The second kappa shape index (κ2) is 5.32. The van der Waals surface area contributed by atoms with Crippen LogP contribution in [0.3, 0.4) is 0 Å². The smallest absolute Gasteiger partial charge is 0.271 e. The fourth-order valence-corrected chi connectivity index (χ4v) is 3.96. The van der Waals surface area contributed by atoms with E-state index in [1.807, 2.05) is 26.0 Å². The molecule has 0 aliphatic carbocycles. The highest BCUT2D eigenvalue weighted by Gasteiger charge is 2.16. The van der Waals surface area contributed by atoms with Crippen LogP contribution in [0.5, 0.6) is 0 Å². The first kappa shape index (κ1) is 14.0. The Labute approximate surface area is 117 Å². The summed E-state index contributed by atoms with van der Waals surface area (Å²) in [4.78, 5) is 0.965. The molecular formula is C13H16N2O2S2. The second-order valence-corrected chi connectivity index (χ2v) is 7.58. The van der Waals surface area contributed by atoms with Gasteiger partial charge in [0.25, 0.3) is 10.0 Å². The van der Waals surface area contributed by atoms with Gasteiger partial charge in [-0.25, -0.2) is 8.42 Å². The van der Waals surface area contributed by atoms with E-state index in [1.165, 1.54) is 11.3 Å². The van der Waals surface area contributed by atoms with Crippen LogP contribution in [-0.2, 0) is 10.0 Å². The number of benzene rings is 1. The molecule has 6 heteroatoms. The van der Waals surface area contributed by atoms with Crippen LogP contribution in [0.2, 0.25) is 0 Å². The molecule has 0 amide bonds. The van der Waals surface area contributed by atoms with Crippen molar-refractivity contribution in [3.63, 3.8) is 0 Å². The molecule has 1 unspecified atom stereocenters. The molecule has 102 valence electrons. The fourth-order valence-electron chi connectivity index (χ4n) is 1.62. The lowest BCUT2D eigenvalue weighted by molar-refractivity contribution is 0.603. The summed E-state index contributed by atoms with van der Waals surface area (Å²) in [6, 6.07) is 10.4. The molecule has 3 N–H and O–H groups in total. The molecule has 0 fully saturated rings. The number of thiophene rings is 1. The van der Waals surface area contributed by atoms with E-state index in [1.54, 1.807) is 24.3 Å². The van der Waals surface area contributed by atoms with E-state index >= 15 is 0 Å². The predicted octanol–water partition coefficient (Wildman–Crippen LogP) is 2.88. The summed E-state index contributed by atoms with van der Waals surface area (Å²) in [5.41, 5.74) is 7.25. The molecule has 0 saturated carbocycles. The number of aryl methyl sites for hydroxylation is 1. The van der Waals surface area contributed by atoms with Crippen molar-refractivity contribution in [2.45, 2.75) is 24.1 Å². The average Bonchev–Trinajstić information content (AvgIpc) is 2.77. The van der Waals surface area contributed by atoms with Gasteiger partial charge in [0.15, 0.2) is 0 Å². The van der Waals surface area contributed by atoms with Crippen molar-refractivity contribution in [3.8, 4) is 0 Å². The van der Waals surface area contributed by atoms with Crippen molar-refractivity contribution in [1.82, 2.24) is 0 Å². The van der Waals surface area contributed by atoms with E-state index in [-0.39, 0.29) is 6.04 Å². The monoisotopic (exact) mass is 296 g/mol. The third-order valence-electron chi connectivity index (χ3n) is 2.67. The summed E-state index contributed by atoms with van der Waals surface area (Å²) in [5, 5.41) is 0. The topological polar surface area (TPSA) is 72.2 Å². The Kier molecular flexibility index (Phi) is 3.93. The summed E-state index contributed by atoms with van der Waals surface area (Å²) >= 11 is 1.25. The van der Waals surface area contributed by atoms with Gasteiger partial charge in [0, 0.05) is 16.6 Å². The highest BCUT2D eigenvalue weighted by Crippen LogP contribution is 2.24. The molecular weight excluding hydrogens is 280 g/mol. The molecule has 2 aromatic rings. The van der Waals surface area contributed by atoms with Gasteiger partial charge in [-0.1, -0.05) is 12.1 Å². The van der Waals surface area contributed by atoms with Gasteiger partial charge in [-0.3, -0.25) is 4.72 Å². The van der Waals surface area contributed by atoms with E-state index in [0.717, 1.165) is 10.4 Å². The van der Waals surface area contributed by atoms with Gasteiger partial charge in [-0.05, 0) is 43.7 Å². The third-order valence-corrected chi connectivity index (χ3v) is 5.54. The quantitative estimate of drug-likeness (QED) is 0.911. The van der Waals surface area contributed by atoms with Crippen LogP contribution in [0.4, 0.5) is 5.69 Å². The number of nitrogens with one attached hydrogen (secondary N) is 1. The van der Waals surface area contributed by atoms with Gasteiger partial charge >= 0.3 is 0 Å². The Morgan fingerprint density at radius 3 is 2.26 bits per heavy atom. The summed E-state index contributed by atoms with van der Waals surface area (Å²) < 4.78 is 27.1. The van der Waals surface area contributed by atoms with Gasteiger partial charge in [-0.2, -0.15) is 0 Å². The molecule has 0 spiro atoms. The first-order valence-electron chi connectivity index (χ1n) is 5.83. The maximum atomic E-state index is 12.1. The van der Waals surface area contributed by atoms with Crippen molar-refractivity contribution in [2.75, 3.05) is 4.72 Å². The van der Waals surface area contributed by atoms with Crippen molar-refractivity contribution in [2.24, 2.45) is 5.73 Å². The minimum Gasteiger partial charge on any atom is -0.324 e. The molecule has 19 heavy (non-hydrogen) atoms. The predicted molar refractivity (Wildman–Crippen MR) is 78.9 cm³/mol. The zero-order valence-electron chi connectivity index (χ0n) is 10.8. The summed E-state index contributed by atoms with van der Waals surface area (Å²) in [6.45, 7) is 3.76. The first-order chi connectivity index (χ1) is 8.88. The molecule has 1 aromatic heterocycles. The van der Waals surface area contributed by atoms with Gasteiger partial charge in [-0.15, -0.1) is 11.3 Å². The molecule has 1 atom stereocenters. The summed E-state index contributed by atoms with van der Waals surface area (Å²) in [6.07, 6.45) is 0. The van der Waals surface area contributed by atoms with Crippen LogP contribution in [0.1, 0.15) is 23.4 Å². The number of rotatable bonds is 4. The number of hydrogen-bond donors (Lipinski definition) is 2. The van der Waals surface area contributed by atoms with Gasteiger partial charge in [0.1, 0.15) is 4.21 Å². The zero-order valence-corrected chi connectivity index (χ0v) is 12.4. The molecule has 0 aliphatic rings. The first-order valence-corrected chi connectivity index (χ1v) is 8.13. The SMILES string of the molecule is Cc1ccc(S(=O)(=O)Nc2ccc(C(C)N)cc2)s1. The van der Waals surface area contributed by atoms with E-state index < -0.39 is 10.0 Å². The molecule has 2 rings (SSSR count). The van der Waals surface area contributed by atoms with Crippen LogP contribution < -0.4 is 10.5 Å². The second-order valence-electron chi connectivity index (χ2n) is 4.38. The van der Waals surface area contributed by atoms with Gasteiger partial charge in [0.2, 0.25) is 0 Å². The van der Waals surface area contributed by atoms with Gasteiger partial charge in [0.05, 0.1) is 0 Å². The van der Waals surface area contributed by atoms with E-state index in [9.17, 15) is 8.42 Å². The Morgan fingerprint density at radius 1 is 1.16 bits per heavy atom. The molecule has 0 saturated heterocycles. The van der Waals surface area contributed by atoms with Crippen LogP contribution >= 0.6 is 11.3 Å². The van der Waals surface area contributed by atoms with E-state index in [0.29, 0.717) is 9.90 Å². The summed E-state index contributed by atoms with van der Waals surface area (Å²) in [5.74, 6) is 0. The zero-order chi connectivity index (χ0) is 14.0. The van der Waals surface area contributed by atoms with Crippen LogP contribution in [0.25, 0.3) is 0 Å². The van der Waals surface area contributed by atoms with E-state index in [2.05, 4.69) is 4.72 Å². The number of anilines is 1. The third kappa shape index (κ3) is 3.34. The van der Waals surface area contributed by atoms with Crippen LogP contribution in [0, 0.1) is 6.92 Å². The van der Waals surface area contributed by atoms with Crippen LogP contribution in [-0.4, -0.2) is 8.42 Å². The number of hydrogen-bond acceptors (Lipinski definition) is 4. The standard InChI is InChI=1S/C13H16N2O2S2/c1-9-3-8-13(18-9)19(16,17)15-12-6-4-11(5-7-12)10(2)14/h3-8,10,15H,14H2,1-2H3. The molecule has 1 heterocycles. The molecule has 0 aliphatic heterocycles. The van der Waals surface area contributed by atoms with Crippen LogP contribution in [0.15, 0.2) is 40.6 Å². The molecule has 4 nitrogen and oxygen atoms in total. The lowest BCUT2D eigenvalue weighted by Crippen LogP contribution is -2.11. The fraction of sp³-hybridized carbons (Fsp3) is 0.231. The Hall–Kier alpha value is -1.37. The van der Waals surface area contributed by atoms with Crippen molar-refractivity contribution in [1.29, 1.82) is 0 Å². The number of sulfonamides is 1. The number of nitrogens with two attached hydrogens (primary N) is 1. The van der Waals surface area contributed by atoms with Crippen molar-refractivity contribution < 1.29 is 8.42 Å². The lowest BCUT2D eigenvalue weighted by atomic mass is 10.1. The van der Waals surface area contributed by atoms with Crippen molar-refractivity contribution in [3.05, 3.63) is 46.8 Å². The van der Waals surface area contributed by atoms with Crippen molar-refractivity contribution >= 4 is 27.0 Å². The molecule has 1 aromatic carbocycles.